The predicted molar refractivity (Wildman–Crippen MR) is 61.8 cm³/mol. The lowest BCUT2D eigenvalue weighted by Crippen LogP contribution is -1.88. The summed E-state index contributed by atoms with van der Waals surface area (Å²) in [4.78, 5) is 4.21. The summed E-state index contributed by atoms with van der Waals surface area (Å²) in [5.74, 6) is -0.207. The zero-order chi connectivity index (χ0) is 9.97. The molecule has 0 N–H and O–H groups in total. The Morgan fingerprint density at radius 2 is 2.29 bits per heavy atom. The molecule has 1 aromatic heterocycles. The van der Waals surface area contributed by atoms with Crippen LogP contribution in [0.25, 0.3) is 0 Å². The van der Waals surface area contributed by atoms with Gasteiger partial charge >= 0.3 is 0 Å². The largest absolute Gasteiger partial charge is 0.214 e. The summed E-state index contributed by atoms with van der Waals surface area (Å²) < 4.78 is 17.6. The molecule has 0 saturated carbocycles. The smallest absolute Gasteiger partial charge is 0.203 e. The highest BCUT2D eigenvalue weighted by Gasteiger charge is 2.03. The number of aromatic nitrogens is 2. The van der Waals surface area contributed by atoms with Gasteiger partial charge < -0.3 is 0 Å². The molecule has 2 aromatic rings. The lowest BCUT2D eigenvalue weighted by Gasteiger charge is -1.96. The second-order valence-electron chi connectivity index (χ2n) is 2.76. The van der Waals surface area contributed by atoms with Crippen LogP contribution in [0.1, 0.15) is 10.6 Å². The normalized spacial score (nSPS) is 10.4. The number of hydrogen-bond donors (Lipinski definition) is 0. The average Bonchev–Trinajstić information content (AvgIpc) is 2.51. The molecular weight excluding hydrogens is 314 g/mol. The van der Waals surface area contributed by atoms with E-state index in [0.717, 1.165) is 14.4 Å². The van der Waals surface area contributed by atoms with Crippen LogP contribution in [0.3, 0.4) is 0 Å². The van der Waals surface area contributed by atoms with Crippen molar-refractivity contribution in [1.29, 1.82) is 0 Å². The number of rotatable bonds is 2. The molecule has 0 aliphatic heterocycles. The second kappa shape index (κ2) is 4.31. The summed E-state index contributed by atoms with van der Waals surface area (Å²) in [5.41, 5.74) is 0.928. The van der Waals surface area contributed by atoms with Crippen molar-refractivity contribution < 1.29 is 4.39 Å². The van der Waals surface area contributed by atoms with Gasteiger partial charge in [-0.05, 0) is 29.2 Å². The first kappa shape index (κ1) is 9.97. The molecule has 1 aromatic carbocycles. The van der Waals surface area contributed by atoms with Crippen molar-refractivity contribution in [3.63, 3.8) is 0 Å². The number of benzene rings is 1. The highest BCUT2D eigenvalue weighted by molar-refractivity contribution is 14.1. The van der Waals surface area contributed by atoms with E-state index in [1.54, 1.807) is 6.07 Å². The Hall–Kier alpha value is -0.560. The summed E-state index contributed by atoms with van der Waals surface area (Å²) in [6.45, 7) is 0. The second-order valence-corrected chi connectivity index (χ2v) is 4.57. The Morgan fingerprint density at radius 3 is 2.93 bits per heavy atom. The lowest BCUT2D eigenvalue weighted by molar-refractivity contribution is 0.626. The van der Waals surface area contributed by atoms with Crippen molar-refractivity contribution in [2.45, 2.75) is 6.42 Å². The van der Waals surface area contributed by atoms with Crippen molar-refractivity contribution in [2.75, 3.05) is 0 Å². The molecule has 0 bridgehead atoms. The maximum atomic E-state index is 12.8. The van der Waals surface area contributed by atoms with Crippen molar-refractivity contribution >= 4 is 34.1 Å². The molecule has 1 heterocycles. The van der Waals surface area contributed by atoms with E-state index in [-0.39, 0.29) is 5.82 Å². The lowest BCUT2D eigenvalue weighted by atomic mass is 10.1. The van der Waals surface area contributed by atoms with Gasteiger partial charge in [0.25, 0.3) is 0 Å². The van der Waals surface area contributed by atoms with Crippen molar-refractivity contribution in [3.8, 4) is 0 Å². The molecule has 0 aliphatic carbocycles. The van der Waals surface area contributed by atoms with Crippen LogP contribution in [-0.4, -0.2) is 9.36 Å². The van der Waals surface area contributed by atoms with Gasteiger partial charge in [0.1, 0.15) is 10.8 Å². The highest BCUT2D eigenvalue weighted by atomic mass is 127. The first-order valence-corrected chi connectivity index (χ1v) is 5.82. The molecule has 0 aliphatic rings. The van der Waals surface area contributed by atoms with Gasteiger partial charge in [0.05, 0.1) is 0 Å². The van der Waals surface area contributed by atoms with Gasteiger partial charge in [0.2, 0.25) is 3.83 Å². The zero-order valence-electron chi connectivity index (χ0n) is 7.08. The Kier molecular flexibility index (Phi) is 3.07. The van der Waals surface area contributed by atoms with Gasteiger partial charge in [-0.25, -0.2) is 9.37 Å². The molecule has 0 unspecified atom stereocenters. The summed E-state index contributed by atoms with van der Waals surface area (Å²) in [6, 6.07) is 6.55. The van der Waals surface area contributed by atoms with Gasteiger partial charge in [-0.2, -0.15) is 4.37 Å². The van der Waals surface area contributed by atoms with Crippen LogP contribution >= 0.6 is 34.1 Å². The van der Waals surface area contributed by atoms with Gasteiger partial charge in [-0.3, -0.25) is 0 Å². The quantitative estimate of drug-likeness (QED) is 0.795. The molecule has 72 valence electrons. The average molecular weight is 320 g/mol. The molecule has 5 heteroatoms. The minimum Gasteiger partial charge on any atom is -0.214 e. The zero-order valence-corrected chi connectivity index (χ0v) is 10.0. The topological polar surface area (TPSA) is 25.8 Å². The Labute approximate surface area is 98.5 Å². The van der Waals surface area contributed by atoms with Crippen LogP contribution in [0.15, 0.2) is 24.3 Å². The van der Waals surface area contributed by atoms with Gasteiger partial charge in [0, 0.05) is 29.0 Å². The Balaban J connectivity index is 2.18. The first-order valence-electron chi connectivity index (χ1n) is 3.96. The third-order valence-electron chi connectivity index (χ3n) is 1.69. The van der Waals surface area contributed by atoms with Crippen LogP contribution in [0, 0.1) is 9.65 Å². The number of nitrogens with zero attached hydrogens (tertiary/aromatic N) is 2. The van der Waals surface area contributed by atoms with Crippen molar-refractivity contribution in [2.24, 2.45) is 0 Å². The maximum absolute atomic E-state index is 12.8. The highest BCUT2D eigenvalue weighted by Crippen LogP contribution is 2.13. The van der Waals surface area contributed by atoms with E-state index in [0.29, 0.717) is 6.42 Å². The Morgan fingerprint density at radius 1 is 1.43 bits per heavy atom. The third kappa shape index (κ3) is 2.48. The van der Waals surface area contributed by atoms with Gasteiger partial charge in [0.15, 0.2) is 0 Å². The maximum Gasteiger partial charge on any atom is 0.203 e. The Bertz CT molecular complexity index is 444. The van der Waals surface area contributed by atoms with Crippen LogP contribution in [0.5, 0.6) is 0 Å². The van der Waals surface area contributed by atoms with Gasteiger partial charge in [-0.15, -0.1) is 0 Å². The van der Waals surface area contributed by atoms with Gasteiger partial charge in [-0.1, -0.05) is 12.1 Å². The molecule has 14 heavy (non-hydrogen) atoms. The summed E-state index contributed by atoms with van der Waals surface area (Å²) >= 11 is 3.42. The molecule has 0 radical (unpaired) electrons. The number of halogens is 2. The molecule has 0 fully saturated rings. The summed E-state index contributed by atoms with van der Waals surface area (Å²) in [7, 11) is 0. The molecule has 2 nitrogen and oxygen atoms in total. The van der Waals surface area contributed by atoms with Crippen LogP contribution in [-0.2, 0) is 6.42 Å². The van der Waals surface area contributed by atoms with E-state index in [9.17, 15) is 4.39 Å². The fourth-order valence-corrected chi connectivity index (χ4v) is 2.46. The van der Waals surface area contributed by atoms with Crippen LogP contribution in [0.2, 0.25) is 0 Å². The summed E-state index contributed by atoms with van der Waals surface area (Å²) in [6.07, 6.45) is 0.651. The number of hydrogen-bond acceptors (Lipinski definition) is 3. The molecule has 0 spiro atoms. The molecule has 0 saturated heterocycles. The first-order chi connectivity index (χ1) is 6.74. The minimum absolute atomic E-state index is 0.207. The van der Waals surface area contributed by atoms with E-state index in [4.69, 9.17) is 0 Å². The van der Waals surface area contributed by atoms with Crippen molar-refractivity contribution in [3.05, 3.63) is 44.5 Å². The fraction of sp³-hybridized carbons (Fsp3) is 0.111. The van der Waals surface area contributed by atoms with Crippen LogP contribution in [0.4, 0.5) is 4.39 Å². The van der Waals surface area contributed by atoms with E-state index >= 15 is 0 Å². The molecule has 0 atom stereocenters. The van der Waals surface area contributed by atoms with Crippen LogP contribution < -0.4 is 0 Å². The monoisotopic (exact) mass is 320 g/mol. The van der Waals surface area contributed by atoms with Crippen molar-refractivity contribution in [1.82, 2.24) is 9.36 Å². The molecular formula is C9H6FIN2S. The fourth-order valence-electron chi connectivity index (χ4n) is 1.13. The SMILES string of the molecule is Fc1cccc(Cc2nc(I)ns2)c1. The molecule has 0 amide bonds. The van der Waals surface area contributed by atoms with E-state index in [1.807, 2.05) is 6.07 Å². The van der Waals surface area contributed by atoms with E-state index in [1.165, 1.54) is 23.7 Å². The van der Waals surface area contributed by atoms with E-state index < -0.39 is 0 Å². The standard InChI is InChI=1S/C9H6FIN2S/c10-7-3-1-2-6(4-7)5-8-12-9(11)13-14-8/h1-4H,5H2. The summed E-state index contributed by atoms with van der Waals surface area (Å²) in [5, 5.41) is 0.917. The third-order valence-corrected chi connectivity index (χ3v) is 3.21. The predicted octanol–water partition coefficient (Wildman–Crippen LogP) is 2.87. The minimum atomic E-state index is -0.207. The molecule has 2 rings (SSSR count). The van der Waals surface area contributed by atoms with E-state index in [2.05, 4.69) is 31.9 Å².